The summed E-state index contributed by atoms with van der Waals surface area (Å²) in [5.74, 6) is 0. The summed E-state index contributed by atoms with van der Waals surface area (Å²) in [7, 11) is 0. The summed E-state index contributed by atoms with van der Waals surface area (Å²) in [6.07, 6.45) is 0. The molecule has 0 aliphatic rings. The third-order valence-corrected chi connectivity index (χ3v) is 8.79. The maximum Gasteiger partial charge on any atom is 0.136 e. The maximum absolute atomic E-state index is 6.17. The Morgan fingerprint density at radius 1 is 0.452 bits per heavy atom. The van der Waals surface area contributed by atoms with Crippen molar-refractivity contribution in [3.63, 3.8) is 0 Å². The third-order valence-electron chi connectivity index (χ3n) is 6.46. The number of rotatable bonds is 0. The Balaban J connectivity index is 1.68. The molecule has 0 aliphatic carbocycles. The van der Waals surface area contributed by atoms with Crippen molar-refractivity contribution in [1.82, 2.24) is 0 Å². The third kappa shape index (κ3) is 2.01. The van der Waals surface area contributed by atoms with Crippen LogP contribution in [0.2, 0.25) is 0 Å². The molecule has 3 heterocycles. The lowest BCUT2D eigenvalue weighted by Gasteiger charge is -2.04. The number of hydrogen-bond acceptors (Lipinski definition) is 3. The van der Waals surface area contributed by atoms with Gasteiger partial charge in [-0.1, -0.05) is 48.5 Å². The Bertz CT molecular complexity index is 2000. The van der Waals surface area contributed by atoms with E-state index in [-0.39, 0.29) is 0 Å². The molecule has 5 aromatic carbocycles. The highest BCUT2D eigenvalue weighted by Gasteiger charge is 2.18. The molecule has 0 atom stereocenters. The smallest absolute Gasteiger partial charge is 0.136 e. The molecule has 144 valence electrons. The first kappa shape index (κ1) is 16.3. The first-order chi connectivity index (χ1) is 15.4. The van der Waals surface area contributed by atoms with Crippen LogP contribution in [0.5, 0.6) is 0 Å². The number of benzene rings is 5. The van der Waals surface area contributed by atoms with Crippen molar-refractivity contribution in [3.8, 4) is 0 Å². The van der Waals surface area contributed by atoms with E-state index in [2.05, 4.69) is 78.9 Å². The summed E-state index contributed by atoms with van der Waals surface area (Å²) < 4.78 is 11.5. The molecule has 1 nitrogen and oxygen atoms in total. The molecule has 0 saturated carbocycles. The number of hydrogen-bond donors (Lipinski definition) is 0. The highest BCUT2D eigenvalue weighted by molar-refractivity contribution is 7.27. The van der Waals surface area contributed by atoms with Crippen molar-refractivity contribution in [2.24, 2.45) is 0 Å². The van der Waals surface area contributed by atoms with Crippen LogP contribution in [0.4, 0.5) is 0 Å². The minimum atomic E-state index is 0.957. The zero-order valence-electron chi connectivity index (χ0n) is 16.3. The highest BCUT2D eigenvalue weighted by atomic mass is 32.1. The lowest BCUT2D eigenvalue weighted by atomic mass is 9.98. The second-order valence-corrected chi connectivity index (χ2v) is 10.2. The van der Waals surface area contributed by atoms with E-state index < -0.39 is 0 Å². The normalized spacial score (nSPS) is 12.5. The largest absolute Gasteiger partial charge is 0.456 e. The van der Waals surface area contributed by atoms with Crippen LogP contribution in [0.25, 0.3) is 73.1 Å². The second kappa shape index (κ2) is 5.64. The molecule has 0 aliphatic heterocycles. The molecular weight excluding hydrogens is 416 g/mol. The molecule has 0 bridgehead atoms. The number of furan rings is 1. The van der Waals surface area contributed by atoms with Gasteiger partial charge in [0.2, 0.25) is 0 Å². The molecule has 8 aromatic rings. The van der Waals surface area contributed by atoms with E-state index >= 15 is 0 Å². The van der Waals surface area contributed by atoms with E-state index in [9.17, 15) is 0 Å². The van der Waals surface area contributed by atoms with Gasteiger partial charge in [0.1, 0.15) is 11.2 Å². The summed E-state index contributed by atoms with van der Waals surface area (Å²) >= 11 is 3.77. The molecule has 0 unspecified atom stereocenters. The number of thiophene rings is 2. The van der Waals surface area contributed by atoms with E-state index in [1.54, 1.807) is 0 Å². The van der Waals surface area contributed by atoms with Crippen LogP contribution in [0.1, 0.15) is 0 Å². The predicted octanol–water partition coefficient (Wildman–Crippen LogP) is 9.47. The van der Waals surface area contributed by atoms with Crippen LogP contribution >= 0.6 is 22.7 Å². The van der Waals surface area contributed by atoms with Crippen molar-refractivity contribution in [2.75, 3.05) is 0 Å². The van der Waals surface area contributed by atoms with Gasteiger partial charge in [-0.2, -0.15) is 0 Å². The van der Waals surface area contributed by atoms with Crippen molar-refractivity contribution < 1.29 is 4.42 Å². The summed E-state index contributed by atoms with van der Waals surface area (Å²) in [5.41, 5.74) is 1.93. The fourth-order valence-electron chi connectivity index (χ4n) is 5.16. The van der Waals surface area contributed by atoms with E-state index in [0.29, 0.717) is 0 Å². The second-order valence-electron chi connectivity index (χ2n) is 8.09. The van der Waals surface area contributed by atoms with Gasteiger partial charge in [0, 0.05) is 56.5 Å². The first-order valence-electron chi connectivity index (χ1n) is 10.4. The van der Waals surface area contributed by atoms with Crippen LogP contribution in [-0.4, -0.2) is 0 Å². The summed E-state index contributed by atoms with van der Waals surface area (Å²) in [4.78, 5) is 0. The van der Waals surface area contributed by atoms with Gasteiger partial charge >= 0.3 is 0 Å². The zero-order valence-corrected chi connectivity index (χ0v) is 17.9. The van der Waals surface area contributed by atoms with Gasteiger partial charge in [0.25, 0.3) is 0 Å². The van der Waals surface area contributed by atoms with Gasteiger partial charge < -0.3 is 4.42 Å². The Morgan fingerprint density at radius 2 is 1.19 bits per heavy atom. The van der Waals surface area contributed by atoms with E-state index in [1.807, 2.05) is 28.7 Å². The Labute approximate surface area is 184 Å². The molecule has 0 fully saturated rings. The molecule has 3 heteroatoms. The number of para-hydroxylation sites is 1. The van der Waals surface area contributed by atoms with Crippen LogP contribution in [-0.2, 0) is 0 Å². The topological polar surface area (TPSA) is 13.1 Å². The molecule has 31 heavy (non-hydrogen) atoms. The monoisotopic (exact) mass is 430 g/mol. The van der Waals surface area contributed by atoms with Gasteiger partial charge in [-0.15, -0.1) is 22.7 Å². The summed E-state index contributed by atoms with van der Waals surface area (Å²) in [6.45, 7) is 0. The Morgan fingerprint density at radius 3 is 2.10 bits per heavy atom. The van der Waals surface area contributed by atoms with Crippen molar-refractivity contribution >= 4 is 95.7 Å². The van der Waals surface area contributed by atoms with Crippen molar-refractivity contribution in [1.29, 1.82) is 0 Å². The van der Waals surface area contributed by atoms with E-state index in [4.69, 9.17) is 4.42 Å². The molecule has 8 rings (SSSR count). The van der Waals surface area contributed by atoms with Gasteiger partial charge in [0.05, 0.1) is 0 Å². The van der Waals surface area contributed by atoms with Crippen molar-refractivity contribution in [3.05, 3.63) is 84.9 Å². The van der Waals surface area contributed by atoms with Gasteiger partial charge in [-0.3, -0.25) is 0 Å². The minimum Gasteiger partial charge on any atom is -0.456 e. The minimum absolute atomic E-state index is 0.957. The van der Waals surface area contributed by atoms with Gasteiger partial charge in [-0.05, 0) is 41.8 Å². The van der Waals surface area contributed by atoms with Gasteiger partial charge in [0.15, 0.2) is 0 Å². The fraction of sp³-hybridized carbons (Fsp3) is 0. The van der Waals surface area contributed by atoms with Crippen molar-refractivity contribution in [2.45, 2.75) is 0 Å². The zero-order chi connectivity index (χ0) is 20.1. The average molecular weight is 431 g/mol. The quantitative estimate of drug-likeness (QED) is 0.233. The van der Waals surface area contributed by atoms with E-state index in [0.717, 1.165) is 11.2 Å². The average Bonchev–Trinajstić information content (AvgIpc) is 3.48. The molecule has 0 radical (unpaired) electrons. The van der Waals surface area contributed by atoms with E-state index in [1.165, 1.54) is 61.9 Å². The van der Waals surface area contributed by atoms with Crippen LogP contribution in [0, 0.1) is 0 Å². The number of fused-ring (bicyclic) bond motifs is 13. The van der Waals surface area contributed by atoms with Crippen LogP contribution in [0.3, 0.4) is 0 Å². The summed E-state index contributed by atoms with van der Waals surface area (Å²) in [6, 6.07) is 30.7. The van der Waals surface area contributed by atoms with Crippen LogP contribution in [0.15, 0.2) is 89.3 Å². The molecular formula is C28H14OS2. The molecule has 0 saturated heterocycles. The first-order valence-corrected chi connectivity index (χ1v) is 12.0. The molecule has 0 N–H and O–H groups in total. The lowest BCUT2D eigenvalue weighted by molar-refractivity contribution is 0.669. The van der Waals surface area contributed by atoms with Crippen LogP contribution < -0.4 is 0 Å². The SMILES string of the molecule is c1ccc2c(c1)oc1ccc3c(sc4ccc5ccc6sc7ccccc7c6c5c43)c12. The molecule has 3 aromatic heterocycles. The fourth-order valence-corrected chi connectivity index (χ4v) is 7.54. The predicted molar refractivity (Wildman–Crippen MR) is 137 cm³/mol. The molecule has 0 amide bonds. The summed E-state index contributed by atoms with van der Waals surface area (Å²) in [5, 5.41) is 10.6. The van der Waals surface area contributed by atoms with Gasteiger partial charge in [-0.25, -0.2) is 0 Å². The Hall–Kier alpha value is -3.40. The molecule has 0 spiro atoms. The highest BCUT2D eigenvalue weighted by Crippen LogP contribution is 2.47. The Kier molecular flexibility index (Phi) is 2.97. The lowest BCUT2D eigenvalue weighted by Crippen LogP contribution is -1.77. The maximum atomic E-state index is 6.17. The standard InChI is InChI=1S/C28H14OS2/c1-3-7-19-16(5-1)25-20(29-19)12-11-18-27-23(31-28(18)25)14-10-15-9-13-22-26(24(15)27)17-6-2-4-8-21(17)30-22/h1-14H.